The molecule has 0 bridgehead atoms. The molecule has 1 aliphatic heterocycles. The molecule has 7 nitrogen and oxygen atoms in total. The van der Waals surface area contributed by atoms with Crippen LogP contribution in [0.15, 0.2) is 6.20 Å². The summed E-state index contributed by atoms with van der Waals surface area (Å²) in [6, 6.07) is -0.154. The van der Waals surface area contributed by atoms with Gasteiger partial charge in [-0.2, -0.15) is 0 Å². The fourth-order valence-corrected chi connectivity index (χ4v) is 3.67. The van der Waals surface area contributed by atoms with Gasteiger partial charge < -0.3 is 20.3 Å². The predicted octanol–water partition coefficient (Wildman–Crippen LogP) is 2.43. The van der Waals surface area contributed by atoms with Crippen molar-refractivity contribution in [2.24, 2.45) is 5.41 Å². The Balaban J connectivity index is 1.75. The largest absolute Gasteiger partial charge is 0.378 e. The van der Waals surface area contributed by atoms with Crippen LogP contribution in [0.25, 0.3) is 0 Å². The van der Waals surface area contributed by atoms with E-state index in [1.165, 1.54) is 0 Å². The van der Waals surface area contributed by atoms with Gasteiger partial charge in [0, 0.05) is 31.4 Å². The topological polar surface area (TPSA) is 79.4 Å². The average Bonchev–Trinajstić information content (AvgIpc) is 2.61. The lowest BCUT2D eigenvalue weighted by Crippen LogP contribution is -2.43. The number of fused-ring (bicyclic) bond motifs is 1. The van der Waals surface area contributed by atoms with E-state index in [1.54, 1.807) is 0 Å². The van der Waals surface area contributed by atoms with Gasteiger partial charge in [0.2, 0.25) is 5.95 Å². The summed E-state index contributed by atoms with van der Waals surface area (Å²) in [5.41, 5.74) is 2.19. The van der Waals surface area contributed by atoms with Crippen molar-refractivity contribution in [3.63, 3.8) is 0 Å². The summed E-state index contributed by atoms with van der Waals surface area (Å²) in [6.45, 7) is 10.4. The van der Waals surface area contributed by atoms with Gasteiger partial charge in [0.05, 0.1) is 24.9 Å². The summed E-state index contributed by atoms with van der Waals surface area (Å²) in [5, 5.41) is 6.06. The van der Waals surface area contributed by atoms with Crippen LogP contribution in [0.3, 0.4) is 0 Å². The first-order chi connectivity index (χ1) is 12.5. The van der Waals surface area contributed by atoms with Crippen molar-refractivity contribution >= 4 is 12.0 Å². The van der Waals surface area contributed by atoms with Crippen molar-refractivity contribution in [1.82, 2.24) is 20.6 Å². The van der Waals surface area contributed by atoms with E-state index in [1.807, 2.05) is 6.20 Å². The second-order valence-electron chi connectivity index (χ2n) is 8.02. The third kappa shape index (κ3) is 4.63. The second kappa shape index (κ2) is 8.20. The summed E-state index contributed by atoms with van der Waals surface area (Å²) in [5.74, 6) is 0.774. The number of hydrogen-bond acceptors (Lipinski definition) is 5. The number of unbranched alkanes of at least 4 members (excludes halogenated alkanes) is 1. The van der Waals surface area contributed by atoms with Crippen molar-refractivity contribution in [2.75, 3.05) is 37.7 Å². The Morgan fingerprint density at radius 1 is 1.38 bits per heavy atom. The van der Waals surface area contributed by atoms with Gasteiger partial charge in [0.1, 0.15) is 0 Å². The Labute approximate surface area is 155 Å². The highest BCUT2D eigenvalue weighted by Crippen LogP contribution is 2.40. The van der Waals surface area contributed by atoms with Crippen molar-refractivity contribution in [1.29, 1.82) is 0 Å². The maximum absolute atomic E-state index is 12.2. The first-order valence-corrected chi connectivity index (χ1v) is 9.71. The SMILES string of the molecule is CCCCNC(=O)NC1CC(C)(C)Cc2nc(N3CCOCC3)ncc21. The third-order valence-corrected chi connectivity index (χ3v) is 5.08. The van der Waals surface area contributed by atoms with Crippen LogP contribution >= 0.6 is 0 Å². The zero-order valence-corrected chi connectivity index (χ0v) is 16.2. The lowest BCUT2D eigenvalue weighted by Gasteiger charge is -2.37. The maximum atomic E-state index is 12.2. The van der Waals surface area contributed by atoms with Crippen LogP contribution in [0, 0.1) is 5.41 Å². The molecule has 2 amide bonds. The number of carbonyl (C=O) groups is 1. The molecule has 0 saturated carbocycles. The molecule has 2 N–H and O–H groups in total. The molecule has 1 saturated heterocycles. The monoisotopic (exact) mass is 361 g/mol. The van der Waals surface area contributed by atoms with Gasteiger partial charge >= 0.3 is 6.03 Å². The number of morpholine rings is 1. The molecule has 1 unspecified atom stereocenters. The van der Waals surface area contributed by atoms with E-state index < -0.39 is 0 Å². The van der Waals surface area contributed by atoms with Crippen LogP contribution in [0.4, 0.5) is 10.7 Å². The summed E-state index contributed by atoms with van der Waals surface area (Å²) >= 11 is 0. The molecule has 1 aromatic rings. The van der Waals surface area contributed by atoms with Gasteiger partial charge in [-0.25, -0.2) is 14.8 Å². The van der Waals surface area contributed by atoms with Crippen molar-refractivity contribution in [3.8, 4) is 0 Å². The number of aromatic nitrogens is 2. The fourth-order valence-electron chi connectivity index (χ4n) is 3.67. The Bertz CT molecular complexity index is 628. The number of rotatable bonds is 5. The number of hydrogen-bond donors (Lipinski definition) is 2. The van der Waals surface area contributed by atoms with Gasteiger partial charge in [-0.05, 0) is 24.7 Å². The molecule has 1 atom stereocenters. The van der Waals surface area contributed by atoms with Gasteiger partial charge in [-0.1, -0.05) is 27.2 Å². The molecule has 1 aromatic heterocycles. The van der Waals surface area contributed by atoms with Crippen molar-refractivity contribution in [3.05, 3.63) is 17.5 Å². The number of amides is 2. The highest BCUT2D eigenvalue weighted by molar-refractivity contribution is 5.74. The number of anilines is 1. The molecule has 0 spiro atoms. The fraction of sp³-hybridized carbons (Fsp3) is 0.737. The zero-order valence-electron chi connectivity index (χ0n) is 16.2. The van der Waals surface area contributed by atoms with E-state index >= 15 is 0 Å². The van der Waals surface area contributed by atoms with Crippen molar-refractivity contribution < 1.29 is 9.53 Å². The summed E-state index contributed by atoms with van der Waals surface area (Å²) in [7, 11) is 0. The minimum Gasteiger partial charge on any atom is -0.378 e. The Morgan fingerprint density at radius 2 is 2.15 bits per heavy atom. The molecule has 0 radical (unpaired) electrons. The van der Waals surface area contributed by atoms with Crippen LogP contribution in [-0.2, 0) is 11.2 Å². The van der Waals surface area contributed by atoms with Crippen LogP contribution in [0.5, 0.6) is 0 Å². The van der Waals surface area contributed by atoms with Gasteiger partial charge in [0.25, 0.3) is 0 Å². The van der Waals surface area contributed by atoms with Crippen LogP contribution in [-0.4, -0.2) is 48.8 Å². The van der Waals surface area contributed by atoms with E-state index in [2.05, 4.69) is 41.3 Å². The number of carbonyl (C=O) groups excluding carboxylic acids is 1. The van der Waals surface area contributed by atoms with Gasteiger partial charge in [0.15, 0.2) is 0 Å². The van der Waals surface area contributed by atoms with E-state index in [0.717, 1.165) is 56.0 Å². The van der Waals surface area contributed by atoms with E-state index in [9.17, 15) is 4.79 Å². The molecule has 2 aliphatic rings. The number of nitrogens with zero attached hydrogens (tertiary/aromatic N) is 3. The Kier molecular flexibility index (Phi) is 5.96. The molecule has 1 fully saturated rings. The number of urea groups is 1. The number of ether oxygens (including phenoxy) is 1. The van der Waals surface area contributed by atoms with E-state index in [0.29, 0.717) is 19.8 Å². The third-order valence-electron chi connectivity index (χ3n) is 5.08. The second-order valence-corrected chi connectivity index (χ2v) is 8.02. The zero-order chi connectivity index (χ0) is 18.6. The molecule has 0 aromatic carbocycles. The van der Waals surface area contributed by atoms with Crippen molar-refractivity contribution in [2.45, 2.75) is 52.5 Å². The smallest absolute Gasteiger partial charge is 0.315 e. The Hall–Kier alpha value is -1.89. The summed E-state index contributed by atoms with van der Waals surface area (Å²) in [6.07, 6.45) is 5.75. The number of nitrogens with one attached hydrogen (secondary N) is 2. The minimum atomic E-state index is -0.107. The first kappa shape index (κ1) is 18.9. The molecule has 2 heterocycles. The van der Waals surface area contributed by atoms with Crippen LogP contribution in [0.1, 0.15) is 57.3 Å². The summed E-state index contributed by atoms with van der Waals surface area (Å²) in [4.78, 5) is 23.8. The summed E-state index contributed by atoms with van der Waals surface area (Å²) < 4.78 is 5.42. The molecule has 3 rings (SSSR count). The normalized spacial score (nSPS) is 21.8. The molecular weight excluding hydrogens is 330 g/mol. The Morgan fingerprint density at radius 3 is 2.88 bits per heavy atom. The lowest BCUT2D eigenvalue weighted by molar-refractivity contribution is 0.122. The highest BCUT2D eigenvalue weighted by Gasteiger charge is 2.35. The first-order valence-electron chi connectivity index (χ1n) is 9.71. The average molecular weight is 361 g/mol. The molecule has 1 aliphatic carbocycles. The quantitative estimate of drug-likeness (QED) is 0.788. The van der Waals surface area contributed by atoms with E-state index in [-0.39, 0.29) is 17.5 Å². The lowest BCUT2D eigenvalue weighted by atomic mass is 9.74. The molecule has 26 heavy (non-hydrogen) atoms. The van der Waals surface area contributed by atoms with Crippen LogP contribution in [0.2, 0.25) is 0 Å². The molecular formula is C19H31N5O2. The van der Waals surface area contributed by atoms with Gasteiger partial charge in [-0.15, -0.1) is 0 Å². The maximum Gasteiger partial charge on any atom is 0.315 e. The highest BCUT2D eigenvalue weighted by atomic mass is 16.5. The predicted molar refractivity (Wildman–Crippen MR) is 101 cm³/mol. The van der Waals surface area contributed by atoms with Crippen LogP contribution < -0.4 is 15.5 Å². The molecule has 7 heteroatoms. The minimum absolute atomic E-state index is 0.0471. The van der Waals surface area contributed by atoms with Gasteiger partial charge in [-0.3, -0.25) is 0 Å². The standard InChI is InChI=1S/C19H31N5O2/c1-4-5-6-20-18(25)23-16-12-19(2,3)11-15-14(16)13-21-17(22-15)24-7-9-26-10-8-24/h13,16H,4-12H2,1-3H3,(H2,20,23,25). The van der Waals surface area contributed by atoms with E-state index in [4.69, 9.17) is 9.72 Å². The molecule has 144 valence electrons.